The molecule has 0 atom stereocenters. The van der Waals surface area contributed by atoms with E-state index in [9.17, 15) is 4.79 Å². The van der Waals surface area contributed by atoms with E-state index in [0.29, 0.717) is 11.6 Å². The first-order chi connectivity index (χ1) is 12.0. The average molecular weight is 360 g/mol. The molecule has 1 aromatic heterocycles. The number of allylic oxidation sites excluding steroid dienone is 3. The first kappa shape index (κ1) is 19.0. The van der Waals surface area contributed by atoms with Gasteiger partial charge in [-0.2, -0.15) is 0 Å². The zero-order valence-corrected chi connectivity index (χ0v) is 15.4. The van der Waals surface area contributed by atoms with Gasteiger partial charge in [0.1, 0.15) is 12.1 Å². The van der Waals surface area contributed by atoms with Gasteiger partial charge in [-0.1, -0.05) is 23.7 Å². The molecule has 1 aromatic carbocycles. The quantitative estimate of drug-likeness (QED) is 0.410. The van der Waals surface area contributed by atoms with Crippen LogP contribution in [0.4, 0.5) is 0 Å². The summed E-state index contributed by atoms with van der Waals surface area (Å²) >= 11 is 6.06. The monoisotopic (exact) mass is 359 g/mol. The predicted molar refractivity (Wildman–Crippen MR) is 101 cm³/mol. The van der Waals surface area contributed by atoms with Gasteiger partial charge in [-0.05, 0) is 25.1 Å². The molecular formula is C19H22ClN3O2. The van der Waals surface area contributed by atoms with Crippen molar-refractivity contribution >= 4 is 23.6 Å². The fraction of sp³-hybridized carbons (Fsp3) is 0.263. The SMILES string of the molecule is COCCN(C)/C=C\C(=C/C=O)n1cc(-c2cccc(Cl)c2)nc1C. The lowest BCUT2D eigenvalue weighted by molar-refractivity contribution is -0.104. The maximum Gasteiger partial charge on any atom is 0.144 e. The van der Waals surface area contributed by atoms with Gasteiger partial charge in [-0.3, -0.25) is 4.79 Å². The minimum atomic E-state index is 0.636. The van der Waals surface area contributed by atoms with Crippen molar-refractivity contribution in [3.63, 3.8) is 0 Å². The number of carbonyl (C=O) groups excluding carboxylic acids is 1. The Hall–Kier alpha value is -2.37. The Bertz CT molecular complexity index is 781. The molecule has 5 nitrogen and oxygen atoms in total. The lowest BCUT2D eigenvalue weighted by Crippen LogP contribution is -2.16. The van der Waals surface area contributed by atoms with Crippen LogP contribution in [-0.2, 0) is 9.53 Å². The first-order valence-electron chi connectivity index (χ1n) is 7.90. The number of aryl methyl sites for hydroxylation is 1. The van der Waals surface area contributed by atoms with Crippen LogP contribution in [0.15, 0.2) is 48.8 Å². The number of nitrogens with zero attached hydrogens (tertiary/aromatic N) is 3. The van der Waals surface area contributed by atoms with Gasteiger partial charge < -0.3 is 14.2 Å². The van der Waals surface area contributed by atoms with E-state index in [-0.39, 0.29) is 0 Å². The number of benzene rings is 1. The Balaban J connectivity index is 2.29. The Morgan fingerprint density at radius 2 is 2.24 bits per heavy atom. The fourth-order valence-corrected chi connectivity index (χ4v) is 2.51. The van der Waals surface area contributed by atoms with E-state index in [1.165, 1.54) is 6.08 Å². The number of aromatic nitrogens is 2. The molecular weight excluding hydrogens is 338 g/mol. The number of rotatable bonds is 8. The highest BCUT2D eigenvalue weighted by Crippen LogP contribution is 2.24. The second kappa shape index (κ2) is 9.20. The Kier molecular flexibility index (Phi) is 6.98. The number of halogens is 1. The van der Waals surface area contributed by atoms with Crippen LogP contribution in [0.25, 0.3) is 17.0 Å². The molecule has 0 saturated carbocycles. The van der Waals surface area contributed by atoms with E-state index >= 15 is 0 Å². The molecule has 0 aliphatic carbocycles. The Labute approximate surface area is 153 Å². The number of likely N-dealkylation sites (N-methyl/N-ethyl adjacent to an activating group) is 1. The first-order valence-corrected chi connectivity index (χ1v) is 8.28. The molecule has 2 rings (SSSR count). The fourth-order valence-electron chi connectivity index (χ4n) is 2.32. The molecule has 132 valence electrons. The normalized spacial score (nSPS) is 11.9. The average Bonchev–Trinajstić information content (AvgIpc) is 2.98. The molecule has 0 fully saturated rings. The van der Waals surface area contributed by atoms with Crippen LogP contribution < -0.4 is 0 Å². The number of imidazole rings is 1. The Morgan fingerprint density at radius 3 is 2.92 bits per heavy atom. The van der Waals surface area contributed by atoms with Crippen LogP contribution >= 0.6 is 11.6 Å². The summed E-state index contributed by atoms with van der Waals surface area (Å²) in [4.78, 5) is 17.6. The van der Waals surface area contributed by atoms with E-state index in [4.69, 9.17) is 16.3 Å². The van der Waals surface area contributed by atoms with Crippen LogP contribution in [0.2, 0.25) is 5.02 Å². The van der Waals surface area contributed by atoms with Crippen molar-refractivity contribution in [2.45, 2.75) is 6.92 Å². The van der Waals surface area contributed by atoms with Gasteiger partial charge in [-0.25, -0.2) is 4.98 Å². The zero-order valence-electron chi connectivity index (χ0n) is 14.6. The van der Waals surface area contributed by atoms with Gasteiger partial charge in [0.25, 0.3) is 0 Å². The molecule has 6 heteroatoms. The summed E-state index contributed by atoms with van der Waals surface area (Å²) < 4.78 is 6.94. The van der Waals surface area contributed by atoms with E-state index in [0.717, 1.165) is 35.6 Å². The molecule has 0 aliphatic heterocycles. The standard InChI is InChI=1S/C19H22ClN3O2/c1-15-21-19(16-5-4-6-17(20)13-16)14-23(15)18(8-11-24)7-9-22(2)10-12-25-3/h4-9,11,13-14H,10,12H2,1-3H3/b9-7-,18-8+. The zero-order chi connectivity index (χ0) is 18.2. The molecule has 25 heavy (non-hydrogen) atoms. The van der Waals surface area contributed by atoms with E-state index in [1.807, 2.05) is 66.2 Å². The van der Waals surface area contributed by atoms with Crippen molar-refractivity contribution in [3.05, 3.63) is 59.7 Å². The molecule has 0 radical (unpaired) electrons. The predicted octanol–water partition coefficient (Wildman–Crippen LogP) is 3.64. The molecule has 0 aliphatic rings. The van der Waals surface area contributed by atoms with E-state index in [2.05, 4.69) is 4.98 Å². The number of methoxy groups -OCH3 is 1. The van der Waals surface area contributed by atoms with Crippen LogP contribution in [-0.4, -0.2) is 48.0 Å². The summed E-state index contributed by atoms with van der Waals surface area (Å²) in [6.07, 6.45) is 7.97. The molecule has 2 aromatic rings. The molecule has 0 bridgehead atoms. The van der Waals surface area contributed by atoms with Crippen molar-refractivity contribution in [3.8, 4) is 11.3 Å². The van der Waals surface area contributed by atoms with E-state index in [1.54, 1.807) is 7.11 Å². The minimum absolute atomic E-state index is 0.636. The Morgan fingerprint density at radius 1 is 1.44 bits per heavy atom. The second-order valence-corrected chi connectivity index (χ2v) is 6.01. The molecule has 0 amide bonds. The molecule has 1 heterocycles. The van der Waals surface area contributed by atoms with Crippen LogP contribution in [0, 0.1) is 6.92 Å². The summed E-state index contributed by atoms with van der Waals surface area (Å²) in [5.74, 6) is 0.785. The summed E-state index contributed by atoms with van der Waals surface area (Å²) in [5.41, 5.74) is 2.47. The second-order valence-electron chi connectivity index (χ2n) is 5.57. The van der Waals surface area contributed by atoms with Crippen molar-refractivity contribution in [2.24, 2.45) is 0 Å². The lowest BCUT2D eigenvalue weighted by Gasteiger charge is -2.13. The lowest BCUT2D eigenvalue weighted by atomic mass is 10.2. The third-order valence-corrected chi connectivity index (χ3v) is 3.90. The maximum atomic E-state index is 11.0. The van der Waals surface area contributed by atoms with Crippen molar-refractivity contribution in [2.75, 3.05) is 27.3 Å². The van der Waals surface area contributed by atoms with Gasteiger partial charge in [0, 0.05) is 49.8 Å². The molecule has 0 spiro atoms. The highest BCUT2D eigenvalue weighted by molar-refractivity contribution is 6.30. The van der Waals surface area contributed by atoms with Gasteiger partial charge in [0.15, 0.2) is 0 Å². The van der Waals surface area contributed by atoms with Crippen molar-refractivity contribution in [1.82, 2.24) is 14.5 Å². The number of hydrogen-bond acceptors (Lipinski definition) is 4. The highest BCUT2D eigenvalue weighted by Gasteiger charge is 2.09. The van der Waals surface area contributed by atoms with E-state index < -0.39 is 0 Å². The highest BCUT2D eigenvalue weighted by atomic mass is 35.5. The molecule has 0 N–H and O–H groups in total. The molecule has 0 saturated heterocycles. The number of hydrogen-bond donors (Lipinski definition) is 0. The van der Waals surface area contributed by atoms with Crippen LogP contribution in [0.3, 0.4) is 0 Å². The number of carbonyl (C=O) groups is 1. The van der Waals surface area contributed by atoms with Crippen LogP contribution in [0.5, 0.6) is 0 Å². The molecule has 0 unspecified atom stereocenters. The summed E-state index contributed by atoms with van der Waals surface area (Å²) in [6, 6.07) is 7.53. The largest absolute Gasteiger partial charge is 0.383 e. The third kappa shape index (κ3) is 5.31. The summed E-state index contributed by atoms with van der Waals surface area (Å²) in [6.45, 7) is 3.30. The summed E-state index contributed by atoms with van der Waals surface area (Å²) in [5, 5.41) is 0.660. The van der Waals surface area contributed by atoms with Gasteiger partial charge >= 0.3 is 0 Å². The van der Waals surface area contributed by atoms with Crippen LogP contribution in [0.1, 0.15) is 5.82 Å². The topological polar surface area (TPSA) is 47.4 Å². The van der Waals surface area contributed by atoms with Gasteiger partial charge in [0.2, 0.25) is 0 Å². The van der Waals surface area contributed by atoms with Gasteiger partial charge in [0.05, 0.1) is 18.0 Å². The smallest absolute Gasteiger partial charge is 0.144 e. The number of aldehydes is 1. The third-order valence-electron chi connectivity index (χ3n) is 3.67. The minimum Gasteiger partial charge on any atom is -0.383 e. The van der Waals surface area contributed by atoms with Crippen molar-refractivity contribution < 1.29 is 9.53 Å². The van der Waals surface area contributed by atoms with Gasteiger partial charge in [-0.15, -0.1) is 0 Å². The number of ether oxygens (including phenoxy) is 1. The summed E-state index contributed by atoms with van der Waals surface area (Å²) in [7, 11) is 3.62. The maximum absolute atomic E-state index is 11.0. The van der Waals surface area contributed by atoms with Crippen molar-refractivity contribution in [1.29, 1.82) is 0 Å².